The van der Waals surface area contributed by atoms with Gasteiger partial charge < -0.3 is 26.4 Å². The quantitative estimate of drug-likeness (QED) is 0.398. The molecule has 29 heavy (non-hydrogen) atoms. The number of nitrogens with zero attached hydrogens (tertiary/aromatic N) is 1. The average molecular weight is 403 g/mol. The maximum absolute atomic E-state index is 14.6. The first-order chi connectivity index (χ1) is 13.5. The smallest absolute Gasteiger partial charge is 0.252 e. The van der Waals surface area contributed by atoms with Crippen molar-refractivity contribution in [2.75, 3.05) is 17.7 Å². The topological polar surface area (TPSA) is 118 Å². The lowest BCUT2D eigenvalue weighted by Gasteiger charge is -2.31. The van der Waals surface area contributed by atoms with Crippen LogP contribution in [-0.2, 0) is 4.79 Å². The SMILES string of the molecule is COc1cc(C)cc(Nc2nc(N[C@H](NC=O)C(C)(C)C)c(F)cc2C(N)=O)c1. The molecule has 0 fully saturated rings. The molecule has 0 aliphatic heterocycles. The van der Waals surface area contributed by atoms with Crippen molar-refractivity contribution in [1.29, 1.82) is 0 Å². The number of ether oxygens (including phenoxy) is 1. The molecule has 0 unspecified atom stereocenters. The highest BCUT2D eigenvalue weighted by Crippen LogP contribution is 2.28. The third-order valence-electron chi connectivity index (χ3n) is 4.17. The van der Waals surface area contributed by atoms with E-state index >= 15 is 0 Å². The van der Waals surface area contributed by atoms with Gasteiger partial charge in [-0.2, -0.15) is 0 Å². The third-order valence-corrected chi connectivity index (χ3v) is 4.17. The summed E-state index contributed by atoms with van der Waals surface area (Å²) in [4.78, 5) is 27.0. The number of benzene rings is 1. The fraction of sp³-hybridized carbons (Fsp3) is 0.350. The highest BCUT2D eigenvalue weighted by Gasteiger charge is 2.26. The number of aromatic nitrogens is 1. The van der Waals surface area contributed by atoms with Gasteiger partial charge in [-0.25, -0.2) is 9.37 Å². The lowest BCUT2D eigenvalue weighted by Crippen LogP contribution is -2.46. The number of anilines is 3. The first kappa shape index (κ1) is 21.9. The number of pyridine rings is 1. The molecule has 2 aromatic rings. The van der Waals surface area contributed by atoms with Crippen LogP contribution >= 0.6 is 0 Å². The molecule has 0 aliphatic carbocycles. The van der Waals surface area contributed by atoms with Crippen LogP contribution < -0.4 is 26.4 Å². The van der Waals surface area contributed by atoms with Crippen molar-refractivity contribution in [1.82, 2.24) is 10.3 Å². The van der Waals surface area contributed by atoms with Gasteiger partial charge in [0.05, 0.1) is 12.7 Å². The van der Waals surface area contributed by atoms with Gasteiger partial charge in [0.2, 0.25) is 6.41 Å². The van der Waals surface area contributed by atoms with E-state index < -0.39 is 23.3 Å². The molecule has 0 saturated heterocycles. The first-order valence-corrected chi connectivity index (χ1v) is 8.94. The number of halogens is 1. The molecular weight excluding hydrogens is 377 g/mol. The first-order valence-electron chi connectivity index (χ1n) is 8.94. The molecule has 9 heteroatoms. The lowest BCUT2D eigenvalue weighted by molar-refractivity contribution is -0.110. The van der Waals surface area contributed by atoms with Crippen LogP contribution in [0.2, 0.25) is 0 Å². The van der Waals surface area contributed by atoms with Gasteiger partial charge in [0, 0.05) is 17.2 Å². The number of carbonyl (C=O) groups excluding carboxylic acids is 2. The maximum atomic E-state index is 14.6. The van der Waals surface area contributed by atoms with E-state index in [1.54, 1.807) is 6.07 Å². The van der Waals surface area contributed by atoms with E-state index in [1.807, 2.05) is 39.8 Å². The molecule has 156 valence electrons. The second-order valence-corrected chi connectivity index (χ2v) is 7.67. The maximum Gasteiger partial charge on any atom is 0.252 e. The molecule has 1 aromatic heterocycles. The van der Waals surface area contributed by atoms with Gasteiger partial charge >= 0.3 is 0 Å². The normalized spacial score (nSPS) is 12.1. The Morgan fingerprint density at radius 1 is 1.24 bits per heavy atom. The van der Waals surface area contributed by atoms with Crippen LogP contribution in [0.3, 0.4) is 0 Å². The Hall–Kier alpha value is -3.36. The number of hydrogen-bond donors (Lipinski definition) is 4. The molecule has 1 heterocycles. The number of aryl methyl sites for hydroxylation is 1. The highest BCUT2D eigenvalue weighted by molar-refractivity contribution is 5.98. The van der Waals surface area contributed by atoms with Crippen molar-refractivity contribution >= 4 is 29.6 Å². The summed E-state index contributed by atoms with van der Waals surface area (Å²) in [7, 11) is 1.54. The van der Waals surface area contributed by atoms with Gasteiger partial charge in [-0.15, -0.1) is 0 Å². The van der Waals surface area contributed by atoms with Crippen molar-refractivity contribution < 1.29 is 18.7 Å². The van der Waals surface area contributed by atoms with Crippen LogP contribution in [0, 0.1) is 18.2 Å². The number of hydrogen-bond acceptors (Lipinski definition) is 6. The van der Waals surface area contributed by atoms with Gasteiger partial charge in [0.15, 0.2) is 11.6 Å². The van der Waals surface area contributed by atoms with Crippen LogP contribution in [0.1, 0.15) is 36.7 Å². The number of nitrogens with two attached hydrogens (primary N) is 1. The fourth-order valence-electron chi connectivity index (χ4n) is 2.66. The Morgan fingerprint density at radius 2 is 1.93 bits per heavy atom. The Morgan fingerprint density at radius 3 is 2.48 bits per heavy atom. The molecule has 0 saturated carbocycles. The molecule has 8 nitrogen and oxygen atoms in total. The van der Waals surface area contributed by atoms with E-state index in [2.05, 4.69) is 20.9 Å². The Bertz CT molecular complexity index is 912. The molecule has 0 aliphatic rings. The second-order valence-electron chi connectivity index (χ2n) is 7.67. The lowest BCUT2D eigenvalue weighted by atomic mass is 9.92. The number of rotatable bonds is 8. The highest BCUT2D eigenvalue weighted by atomic mass is 19.1. The number of methoxy groups -OCH3 is 1. The van der Waals surface area contributed by atoms with E-state index in [4.69, 9.17) is 10.5 Å². The molecular formula is C20H26FN5O3. The average Bonchev–Trinajstić information content (AvgIpc) is 2.62. The molecule has 0 spiro atoms. The van der Waals surface area contributed by atoms with E-state index in [9.17, 15) is 14.0 Å². The van der Waals surface area contributed by atoms with Gasteiger partial charge in [0.1, 0.15) is 17.7 Å². The van der Waals surface area contributed by atoms with Crippen molar-refractivity contribution in [2.45, 2.75) is 33.9 Å². The van der Waals surface area contributed by atoms with E-state index in [0.717, 1.165) is 11.6 Å². The van der Waals surface area contributed by atoms with Crippen molar-refractivity contribution in [2.24, 2.45) is 11.1 Å². The standard InChI is InChI=1S/C20H26FN5O3/c1-11-6-12(8-13(7-11)29-5)24-17-14(16(22)28)9-15(21)18(25-17)26-19(23-10-27)20(2,3)4/h6-10,19H,1-5H3,(H2,22,28)(H,23,27)(H2,24,25,26)/t19-/m0/s1. The Labute approximate surface area is 169 Å². The molecule has 2 rings (SSSR count). The Kier molecular flexibility index (Phi) is 6.63. The molecule has 0 bridgehead atoms. The van der Waals surface area contributed by atoms with Gasteiger partial charge in [-0.1, -0.05) is 20.8 Å². The molecule has 1 aromatic carbocycles. The zero-order chi connectivity index (χ0) is 21.8. The predicted molar refractivity (Wildman–Crippen MR) is 110 cm³/mol. The van der Waals surface area contributed by atoms with Crippen LogP contribution in [0.15, 0.2) is 24.3 Å². The van der Waals surface area contributed by atoms with Gasteiger partial charge in [-0.05, 0) is 30.7 Å². The summed E-state index contributed by atoms with van der Waals surface area (Å²) < 4.78 is 19.8. The molecule has 0 radical (unpaired) electrons. The molecule has 1 atom stereocenters. The summed E-state index contributed by atoms with van der Waals surface area (Å²) in [6.07, 6.45) is -0.0788. The molecule has 5 N–H and O–H groups in total. The van der Waals surface area contributed by atoms with Crippen LogP contribution in [-0.4, -0.2) is 30.6 Å². The predicted octanol–water partition coefficient (Wildman–Crippen LogP) is 2.91. The van der Waals surface area contributed by atoms with E-state index in [0.29, 0.717) is 17.8 Å². The summed E-state index contributed by atoms with van der Waals surface area (Å²) in [5, 5.41) is 8.46. The van der Waals surface area contributed by atoms with Crippen LogP contribution in [0.5, 0.6) is 5.75 Å². The van der Waals surface area contributed by atoms with E-state index in [1.165, 1.54) is 7.11 Å². The van der Waals surface area contributed by atoms with E-state index in [-0.39, 0.29) is 17.2 Å². The largest absolute Gasteiger partial charge is 0.497 e. The second kappa shape index (κ2) is 8.76. The number of nitrogens with one attached hydrogen (secondary N) is 3. The van der Waals surface area contributed by atoms with Crippen molar-refractivity contribution in [3.63, 3.8) is 0 Å². The van der Waals surface area contributed by atoms with Crippen LogP contribution in [0.4, 0.5) is 21.7 Å². The van der Waals surface area contributed by atoms with Gasteiger partial charge in [0.25, 0.3) is 5.91 Å². The van der Waals surface area contributed by atoms with Crippen molar-refractivity contribution in [3.8, 4) is 5.75 Å². The third kappa shape index (κ3) is 5.56. The summed E-state index contributed by atoms with van der Waals surface area (Å²) in [6, 6.07) is 6.37. The number of carbonyl (C=O) groups is 2. The fourth-order valence-corrected chi connectivity index (χ4v) is 2.66. The zero-order valence-electron chi connectivity index (χ0n) is 17.1. The number of primary amides is 1. The summed E-state index contributed by atoms with van der Waals surface area (Å²) in [6.45, 7) is 7.49. The monoisotopic (exact) mass is 403 g/mol. The zero-order valence-corrected chi connectivity index (χ0v) is 17.1. The van der Waals surface area contributed by atoms with Crippen molar-refractivity contribution in [3.05, 3.63) is 41.2 Å². The molecule has 2 amide bonds. The summed E-state index contributed by atoms with van der Waals surface area (Å²) in [5.74, 6) is -1.05. The minimum absolute atomic E-state index is 0.0767. The van der Waals surface area contributed by atoms with Crippen LogP contribution in [0.25, 0.3) is 0 Å². The Balaban J connectivity index is 2.48. The minimum Gasteiger partial charge on any atom is -0.497 e. The number of amides is 2. The summed E-state index contributed by atoms with van der Waals surface area (Å²) >= 11 is 0. The van der Waals surface area contributed by atoms with Gasteiger partial charge in [-0.3, -0.25) is 9.59 Å². The minimum atomic E-state index is -0.830. The summed E-state index contributed by atoms with van der Waals surface area (Å²) in [5.41, 5.74) is 6.36.